The lowest BCUT2D eigenvalue weighted by atomic mass is 10.0. The molecule has 0 aliphatic heterocycles. The van der Waals surface area contributed by atoms with Crippen molar-refractivity contribution in [2.45, 2.75) is 399 Å². The van der Waals surface area contributed by atoms with Crippen LogP contribution in [0.3, 0.4) is 0 Å². The standard InChI is InChI=1S/C74H143NO8/c1-6-8-10-12-14-16-18-20-22-24-26-27-28-29-30-31-32-33-34-35-36-37-38-39-40-41-42-43-44-45-46-47-49-50-52-54-56-58-60-62-64-71(76)81-68-70(69-82-74(73(78)79)80-67-66-75(3,4)5)83-72(77)65-63-61-59-57-55-53-51-48-25-23-21-19-17-15-13-11-9-7-2/h23,25,70,74H,6-22,24,26-69H2,1-5H3/b25-23-. The quantitative estimate of drug-likeness (QED) is 0.0195. The molecule has 0 heterocycles. The molecule has 0 bridgehead atoms. The van der Waals surface area contributed by atoms with Gasteiger partial charge < -0.3 is 33.3 Å². The molecule has 2 unspecified atom stereocenters. The van der Waals surface area contributed by atoms with Crippen LogP contribution in [0.25, 0.3) is 0 Å². The van der Waals surface area contributed by atoms with Gasteiger partial charge in [-0.25, -0.2) is 0 Å². The van der Waals surface area contributed by atoms with Gasteiger partial charge in [-0.15, -0.1) is 0 Å². The van der Waals surface area contributed by atoms with Crippen LogP contribution in [0.4, 0.5) is 0 Å². The average molecular weight is 1170 g/mol. The number of likely N-dealkylation sites (N-methyl/N-ethyl adjacent to an activating group) is 1. The lowest BCUT2D eigenvalue weighted by molar-refractivity contribution is -0.870. The number of hydrogen-bond acceptors (Lipinski definition) is 8. The molecule has 0 aliphatic rings. The highest BCUT2D eigenvalue weighted by Crippen LogP contribution is 2.20. The van der Waals surface area contributed by atoms with Gasteiger partial charge in [0.15, 0.2) is 12.4 Å². The first-order chi connectivity index (χ1) is 40.6. The van der Waals surface area contributed by atoms with E-state index in [1.165, 1.54) is 308 Å². The minimum absolute atomic E-state index is 0.151. The molecule has 0 amide bonds. The molecule has 83 heavy (non-hydrogen) atoms. The molecule has 0 aromatic rings. The average Bonchev–Trinajstić information content (AvgIpc) is 3.46. The van der Waals surface area contributed by atoms with Gasteiger partial charge in [-0.05, 0) is 38.5 Å². The van der Waals surface area contributed by atoms with Crippen LogP contribution in [0.15, 0.2) is 12.2 Å². The van der Waals surface area contributed by atoms with Crippen LogP contribution in [0.5, 0.6) is 0 Å². The van der Waals surface area contributed by atoms with Crippen LogP contribution < -0.4 is 5.11 Å². The number of esters is 2. The molecule has 9 nitrogen and oxygen atoms in total. The van der Waals surface area contributed by atoms with Crippen molar-refractivity contribution in [1.29, 1.82) is 0 Å². The summed E-state index contributed by atoms with van der Waals surface area (Å²) in [6, 6.07) is 0. The van der Waals surface area contributed by atoms with E-state index in [-0.39, 0.29) is 32.2 Å². The number of carbonyl (C=O) groups excluding carboxylic acids is 3. The summed E-state index contributed by atoms with van der Waals surface area (Å²) >= 11 is 0. The van der Waals surface area contributed by atoms with Crippen molar-refractivity contribution in [1.82, 2.24) is 0 Å². The Hall–Kier alpha value is -1.97. The van der Waals surface area contributed by atoms with Crippen molar-refractivity contribution >= 4 is 17.9 Å². The van der Waals surface area contributed by atoms with Crippen LogP contribution in [-0.2, 0) is 33.3 Å². The molecule has 0 saturated carbocycles. The first-order valence-corrected chi connectivity index (χ1v) is 36.8. The summed E-state index contributed by atoms with van der Waals surface area (Å²) in [6.45, 7) is 4.81. The molecule has 0 aromatic heterocycles. The highest BCUT2D eigenvalue weighted by Gasteiger charge is 2.22. The molecule has 0 radical (unpaired) electrons. The second-order valence-corrected chi connectivity index (χ2v) is 26.6. The molecule has 0 saturated heterocycles. The van der Waals surface area contributed by atoms with E-state index < -0.39 is 24.3 Å². The first kappa shape index (κ1) is 81.0. The Morgan fingerprint density at radius 3 is 0.892 bits per heavy atom. The largest absolute Gasteiger partial charge is 0.545 e. The van der Waals surface area contributed by atoms with Crippen molar-refractivity contribution in [3.63, 3.8) is 0 Å². The van der Waals surface area contributed by atoms with Crippen molar-refractivity contribution in [3.8, 4) is 0 Å². The lowest BCUT2D eigenvalue weighted by Crippen LogP contribution is -2.44. The summed E-state index contributed by atoms with van der Waals surface area (Å²) in [5.74, 6) is -2.26. The van der Waals surface area contributed by atoms with Gasteiger partial charge in [0.25, 0.3) is 0 Å². The molecular formula is C74H143NO8. The van der Waals surface area contributed by atoms with E-state index in [0.717, 1.165) is 44.9 Å². The van der Waals surface area contributed by atoms with Crippen molar-refractivity contribution in [2.24, 2.45) is 0 Å². The van der Waals surface area contributed by atoms with Gasteiger partial charge in [-0.2, -0.15) is 0 Å². The number of unbranched alkanes of at least 4 members (excludes halogenated alkanes) is 53. The van der Waals surface area contributed by atoms with Crippen LogP contribution in [-0.4, -0.2) is 82.3 Å². The van der Waals surface area contributed by atoms with Crippen LogP contribution in [0, 0.1) is 0 Å². The van der Waals surface area contributed by atoms with Gasteiger partial charge in [0.05, 0.1) is 40.3 Å². The monoisotopic (exact) mass is 1170 g/mol. The normalized spacial score (nSPS) is 12.6. The Balaban J connectivity index is 3.89. The number of carbonyl (C=O) groups is 3. The van der Waals surface area contributed by atoms with Gasteiger partial charge >= 0.3 is 11.9 Å². The van der Waals surface area contributed by atoms with E-state index >= 15 is 0 Å². The smallest absolute Gasteiger partial charge is 0.306 e. The van der Waals surface area contributed by atoms with E-state index in [4.69, 9.17) is 18.9 Å². The zero-order chi connectivity index (χ0) is 60.5. The topological polar surface area (TPSA) is 111 Å². The third kappa shape index (κ3) is 67.4. The minimum atomic E-state index is -1.62. The molecule has 2 atom stereocenters. The Kier molecular flexibility index (Phi) is 64.4. The molecular weight excluding hydrogens is 1030 g/mol. The van der Waals surface area contributed by atoms with Crippen molar-refractivity contribution in [2.75, 3.05) is 47.5 Å². The van der Waals surface area contributed by atoms with Crippen molar-refractivity contribution < 1.29 is 42.9 Å². The number of carboxylic acid groups (broad SMARTS) is 1. The minimum Gasteiger partial charge on any atom is -0.545 e. The Bertz CT molecular complexity index is 1370. The van der Waals surface area contributed by atoms with Crippen LogP contribution >= 0.6 is 0 Å². The maximum atomic E-state index is 12.9. The summed E-state index contributed by atoms with van der Waals surface area (Å²) in [5, 5.41) is 11.8. The van der Waals surface area contributed by atoms with E-state index in [2.05, 4.69) is 26.0 Å². The number of nitrogens with zero attached hydrogens (tertiary/aromatic N) is 1. The SMILES string of the molecule is CCCCCCCCC/C=C\CCCCCCCCCC(=O)OC(COC(=O)CCCCCCCCCCCCCCCCCCCCCCCCCCCCCCCCCCCCCCCCCC)COC(OCC[N+](C)(C)C)C(=O)[O-]. The number of allylic oxidation sites excluding steroid dienone is 2. The molecule has 0 N–H and O–H groups in total. The number of carboxylic acids is 1. The zero-order valence-corrected chi connectivity index (χ0v) is 56.4. The molecule has 0 aliphatic carbocycles. The van der Waals surface area contributed by atoms with Crippen LogP contribution in [0.2, 0.25) is 0 Å². The number of ether oxygens (including phenoxy) is 4. The van der Waals surface area contributed by atoms with E-state index in [9.17, 15) is 19.5 Å². The van der Waals surface area contributed by atoms with Gasteiger partial charge in [0.1, 0.15) is 13.2 Å². The lowest BCUT2D eigenvalue weighted by Gasteiger charge is -2.26. The Morgan fingerprint density at radius 2 is 0.614 bits per heavy atom. The molecule has 492 valence electrons. The van der Waals surface area contributed by atoms with Crippen molar-refractivity contribution in [3.05, 3.63) is 12.2 Å². The Labute approximate surface area is 516 Å². The van der Waals surface area contributed by atoms with Gasteiger partial charge in [0.2, 0.25) is 0 Å². The van der Waals surface area contributed by atoms with Crippen LogP contribution in [0.1, 0.15) is 386 Å². The third-order valence-electron chi connectivity index (χ3n) is 17.0. The number of rotatable bonds is 70. The summed E-state index contributed by atoms with van der Waals surface area (Å²) in [6.07, 6.45) is 77.7. The summed E-state index contributed by atoms with van der Waals surface area (Å²) in [5.41, 5.74) is 0. The molecule has 0 aromatic carbocycles. The summed E-state index contributed by atoms with van der Waals surface area (Å²) in [4.78, 5) is 37.4. The fraction of sp³-hybridized carbons (Fsp3) is 0.932. The molecule has 0 rings (SSSR count). The maximum absolute atomic E-state index is 12.9. The second-order valence-electron chi connectivity index (χ2n) is 26.6. The van der Waals surface area contributed by atoms with E-state index in [1.54, 1.807) is 0 Å². The second kappa shape index (κ2) is 66.0. The zero-order valence-electron chi connectivity index (χ0n) is 56.4. The Morgan fingerprint density at radius 1 is 0.349 bits per heavy atom. The molecule has 0 fully saturated rings. The maximum Gasteiger partial charge on any atom is 0.306 e. The fourth-order valence-electron chi connectivity index (χ4n) is 11.4. The van der Waals surface area contributed by atoms with Gasteiger partial charge in [0, 0.05) is 12.8 Å². The highest BCUT2D eigenvalue weighted by molar-refractivity contribution is 5.70. The van der Waals surface area contributed by atoms with Gasteiger partial charge in [-0.3, -0.25) is 9.59 Å². The predicted octanol–water partition coefficient (Wildman–Crippen LogP) is 21.5. The predicted molar refractivity (Wildman–Crippen MR) is 353 cm³/mol. The summed E-state index contributed by atoms with van der Waals surface area (Å²) < 4.78 is 22.8. The molecule has 9 heteroatoms. The first-order valence-electron chi connectivity index (χ1n) is 36.8. The fourth-order valence-corrected chi connectivity index (χ4v) is 11.4. The van der Waals surface area contributed by atoms with Gasteiger partial charge in [-0.1, -0.05) is 347 Å². The number of aliphatic carboxylic acids is 1. The number of quaternary nitrogens is 1. The third-order valence-corrected chi connectivity index (χ3v) is 17.0. The summed E-state index contributed by atoms with van der Waals surface area (Å²) in [7, 11) is 5.94. The molecule has 0 spiro atoms. The van der Waals surface area contributed by atoms with E-state index in [1.807, 2.05) is 21.1 Å². The number of hydrogen-bond donors (Lipinski definition) is 0. The van der Waals surface area contributed by atoms with E-state index in [0.29, 0.717) is 23.9 Å². The highest BCUT2D eigenvalue weighted by atomic mass is 16.7.